The van der Waals surface area contributed by atoms with Gasteiger partial charge in [0.25, 0.3) is 5.91 Å². The number of nitrogens with zero attached hydrogens (tertiary/aromatic N) is 3. The highest BCUT2D eigenvalue weighted by Gasteiger charge is 2.24. The quantitative estimate of drug-likeness (QED) is 0.483. The van der Waals surface area contributed by atoms with Crippen LogP contribution in [-0.2, 0) is 0 Å². The molecule has 1 aliphatic heterocycles. The normalized spacial score (nSPS) is 12.1. The largest absolute Gasteiger partial charge is 0.454 e. The van der Waals surface area contributed by atoms with Gasteiger partial charge in [0.1, 0.15) is 5.56 Å². The number of nitrogens with one attached hydrogen (secondary N) is 1. The second kappa shape index (κ2) is 7.73. The van der Waals surface area contributed by atoms with E-state index in [1.54, 1.807) is 16.8 Å². The Hall–Kier alpha value is -4.33. The number of anilines is 1. The third kappa shape index (κ3) is 3.41. The first-order valence-electron chi connectivity index (χ1n) is 10.1. The fourth-order valence-electron chi connectivity index (χ4n) is 3.63. The van der Waals surface area contributed by atoms with E-state index in [4.69, 9.17) is 9.47 Å². The van der Waals surface area contributed by atoms with E-state index >= 15 is 0 Å². The number of aryl methyl sites for hydroxylation is 1. The zero-order valence-corrected chi connectivity index (χ0v) is 17.5. The van der Waals surface area contributed by atoms with Gasteiger partial charge >= 0.3 is 0 Å². The second-order valence-electron chi connectivity index (χ2n) is 7.48. The molecule has 2 aromatic heterocycles. The lowest BCUT2D eigenvalue weighted by molar-refractivity contribution is 0.101. The zero-order valence-electron chi connectivity index (χ0n) is 17.5. The van der Waals surface area contributed by atoms with Gasteiger partial charge in [-0.25, -0.2) is 4.68 Å². The number of aromatic nitrogens is 3. The first-order valence-corrected chi connectivity index (χ1v) is 10.1. The number of hydrogen-bond donors (Lipinski definition) is 1. The van der Waals surface area contributed by atoms with Crippen LogP contribution in [0.3, 0.4) is 0 Å². The smallest absolute Gasteiger partial charge is 0.261 e. The van der Waals surface area contributed by atoms with Crippen LogP contribution in [0.25, 0.3) is 11.5 Å². The van der Waals surface area contributed by atoms with Crippen LogP contribution in [0.4, 0.5) is 5.69 Å². The van der Waals surface area contributed by atoms with E-state index < -0.39 is 5.91 Å². The van der Waals surface area contributed by atoms with Crippen LogP contribution in [0.1, 0.15) is 33.2 Å². The number of ketones is 1. The van der Waals surface area contributed by atoms with Gasteiger partial charge in [0.15, 0.2) is 23.1 Å². The van der Waals surface area contributed by atoms with Crippen molar-refractivity contribution in [2.75, 3.05) is 12.1 Å². The maximum absolute atomic E-state index is 13.3. The van der Waals surface area contributed by atoms with Crippen molar-refractivity contribution in [2.45, 2.75) is 13.8 Å². The number of amides is 1. The van der Waals surface area contributed by atoms with Crippen LogP contribution in [0.2, 0.25) is 0 Å². The molecule has 0 unspecified atom stereocenters. The molecule has 0 atom stereocenters. The van der Waals surface area contributed by atoms with Crippen molar-refractivity contribution in [3.63, 3.8) is 0 Å². The van der Waals surface area contributed by atoms with Crippen LogP contribution in [0, 0.1) is 6.92 Å². The first-order chi connectivity index (χ1) is 15.5. The summed E-state index contributed by atoms with van der Waals surface area (Å²) in [5.41, 5.74) is 3.00. The number of carbonyl (C=O) groups is 2. The van der Waals surface area contributed by atoms with Crippen molar-refractivity contribution in [2.24, 2.45) is 0 Å². The molecule has 8 heteroatoms. The summed E-state index contributed by atoms with van der Waals surface area (Å²) in [4.78, 5) is 25.5. The number of ether oxygens (including phenoxy) is 2. The molecule has 0 fully saturated rings. The summed E-state index contributed by atoms with van der Waals surface area (Å²) < 4.78 is 14.3. The molecule has 0 spiro atoms. The predicted octanol–water partition coefficient (Wildman–Crippen LogP) is 4.16. The minimum absolute atomic E-state index is 0.0746. The molecule has 3 heterocycles. The second-order valence-corrected chi connectivity index (χ2v) is 7.48. The third-order valence-corrected chi connectivity index (χ3v) is 5.26. The summed E-state index contributed by atoms with van der Waals surface area (Å²) in [5.74, 6) is 0.953. The number of Topliss-reactive ketones (excluding diaryl/α,β-unsaturated/α-hetero) is 1. The van der Waals surface area contributed by atoms with Crippen LogP contribution in [0.15, 0.2) is 67.1 Å². The maximum atomic E-state index is 13.3. The Morgan fingerprint density at radius 2 is 1.69 bits per heavy atom. The molecular formula is C24H20N4O4. The van der Waals surface area contributed by atoms with Crippen LogP contribution in [0.5, 0.6) is 11.5 Å². The lowest BCUT2D eigenvalue weighted by Gasteiger charge is -2.13. The fraction of sp³-hybridized carbons (Fsp3) is 0.125. The fourth-order valence-corrected chi connectivity index (χ4v) is 3.63. The van der Waals surface area contributed by atoms with E-state index in [0.29, 0.717) is 34.1 Å². The number of hydrogen-bond acceptors (Lipinski definition) is 5. The lowest BCUT2D eigenvalue weighted by atomic mass is 10.1. The van der Waals surface area contributed by atoms with Gasteiger partial charge in [-0.2, -0.15) is 5.10 Å². The average molecular weight is 428 g/mol. The highest BCUT2D eigenvalue weighted by Crippen LogP contribution is 2.37. The van der Waals surface area contributed by atoms with Crippen molar-refractivity contribution in [3.05, 3.63) is 83.8 Å². The van der Waals surface area contributed by atoms with Gasteiger partial charge in [-0.3, -0.25) is 9.59 Å². The Morgan fingerprint density at radius 3 is 2.38 bits per heavy atom. The number of carbonyl (C=O) groups excluding carboxylic acids is 2. The number of fused-ring (bicyclic) bond motifs is 1. The van der Waals surface area contributed by atoms with Crippen molar-refractivity contribution >= 4 is 17.4 Å². The molecule has 1 aliphatic rings. The molecule has 1 N–H and O–H groups in total. The molecule has 5 rings (SSSR count). The van der Waals surface area contributed by atoms with Gasteiger partial charge in [-0.05, 0) is 44.2 Å². The molecule has 1 amide bonds. The Balaban J connectivity index is 1.57. The van der Waals surface area contributed by atoms with E-state index in [0.717, 1.165) is 11.3 Å². The molecule has 4 aromatic rings. The maximum Gasteiger partial charge on any atom is 0.261 e. The highest BCUT2D eigenvalue weighted by atomic mass is 16.7. The molecule has 2 aromatic carbocycles. The number of rotatable bonds is 5. The summed E-state index contributed by atoms with van der Waals surface area (Å²) in [6.45, 7) is 3.52. The van der Waals surface area contributed by atoms with Gasteiger partial charge in [0.05, 0.1) is 17.6 Å². The van der Waals surface area contributed by atoms with Gasteiger partial charge in [-0.1, -0.05) is 17.7 Å². The van der Waals surface area contributed by atoms with Crippen molar-refractivity contribution < 1.29 is 19.1 Å². The summed E-state index contributed by atoms with van der Waals surface area (Å²) in [5, 5.41) is 7.33. The van der Waals surface area contributed by atoms with E-state index in [-0.39, 0.29) is 12.6 Å². The van der Waals surface area contributed by atoms with Crippen LogP contribution >= 0.6 is 0 Å². The van der Waals surface area contributed by atoms with E-state index in [9.17, 15) is 9.59 Å². The zero-order chi connectivity index (χ0) is 22.2. The molecule has 0 bridgehead atoms. The molecule has 8 nitrogen and oxygen atoms in total. The third-order valence-electron chi connectivity index (χ3n) is 5.26. The van der Waals surface area contributed by atoms with Crippen LogP contribution in [-0.4, -0.2) is 32.8 Å². The summed E-state index contributed by atoms with van der Waals surface area (Å²) in [7, 11) is 0. The topological polar surface area (TPSA) is 87.4 Å². The van der Waals surface area contributed by atoms with E-state index in [1.807, 2.05) is 60.3 Å². The lowest BCUT2D eigenvalue weighted by Crippen LogP contribution is -2.17. The Kier molecular flexibility index (Phi) is 4.74. The number of benzene rings is 2. The van der Waals surface area contributed by atoms with Crippen LogP contribution < -0.4 is 14.8 Å². The standard InChI is InChI=1S/C24H20N4O4/c1-15-5-7-17(8-6-15)28-24(27-9-3-4-10-27)19(13-25-28)23(30)26-20-12-22-21(31-14-32-22)11-18(20)16(2)29/h3-13H,14H2,1-2H3,(H,26,30). The molecule has 0 saturated heterocycles. The molecule has 0 aliphatic carbocycles. The molecule has 0 saturated carbocycles. The van der Waals surface area contributed by atoms with Crippen molar-refractivity contribution in [1.82, 2.24) is 14.3 Å². The summed E-state index contributed by atoms with van der Waals surface area (Å²) in [6.07, 6.45) is 5.21. The molecule has 160 valence electrons. The molecule has 32 heavy (non-hydrogen) atoms. The Bertz CT molecular complexity index is 1320. The van der Waals surface area contributed by atoms with Gasteiger partial charge in [0, 0.05) is 24.0 Å². The summed E-state index contributed by atoms with van der Waals surface area (Å²) in [6, 6.07) is 14.8. The summed E-state index contributed by atoms with van der Waals surface area (Å²) >= 11 is 0. The Labute approximate surface area is 184 Å². The molecule has 0 radical (unpaired) electrons. The highest BCUT2D eigenvalue weighted by molar-refractivity contribution is 6.10. The van der Waals surface area contributed by atoms with E-state index in [1.165, 1.54) is 13.1 Å². The van der Waals surface area contributed by atoms with Gasteiger partial charge in [0.2, 0.25) is 6.79 Å². The minimum atomic E-state index is -0.395. The van der Waals surface area contributed by atoms with Crippen molar-refractivity contribution in [3.8, 4) is 23.0 Å². The van der Waals surface area contributed by atoms with Gasteiger partial charge in [-0.15, -0.1) is 0 Å². The average Bonchev–Trinajstić information content (AvgIpc) is 3.53. The minimum Gasteiger partial charge on any atom is -0.454 e. The van der Waals surface area contributed by atoms with Crippen molar-refractivity contribution in [1.29, 1.82) is 0 Å². The Morgan fingerprint density at radius 1 is 1.00 bits per heavy atom. The first kappa shape index (κ1) is 19.6. The molecular weight excluding hydrogens is 408 g/mol. The van der Waals surface area contributed by atoms with E-state index in [2.05, 4.69) is 10.4 Å². The van der Waals surface area contributed by atoms with Gasteiger partial charge < -0.3 is 19.4 Å². The predicted molar refractivity (Wildman–Crippen MR) is 118 cm³/mol. The monoisotopic (exact) mass is 428 g/mol. The SMILES string of the molecule is CC(=O)c1cc2c(cc1NC(=O)c1cnn(-c3ccc(C)cc3)c1-n1cccc1)OCO2.